The number of carbonyl (C=O) groups is 4. The maximum atomic E-state index is 14.0. The van der Waals surface area contributed by atoms with Gasteiger partial charge in [0.05, 0.1) is 35.3 Å². The van der Waals surface area contributed by atoms with Gasteiger partial charge in [-0.3, -0.25) is 28.9 Å². The molecule has 108 heavy (non-hydrogen) atoms. The van der Waals surface area contributed by atoms with E-state index in [0.717, 1.165) is 137 Å². The average molecular weight is 1440 g/mol. The Labute approximate surface area is 625 Å². The number of hydrogen-bond donors (Lipinski definition) is 6. The second-order valence-corrected chi connectivity index (χ2v) is 26.7. The number of fused-ring (bicyclic) bond motifs is 2. The van der Waals surface area contributed by atoms with Crippen LogP contribution in [0.3, 0.4) is 0 Å². The summed E-state index contributed by atoms with van der Waals surface area (Å²) in [6.45, 7) is 9.99. The molecule has 0 fully saturated rings. The standard InChI is InChI=1S/2C43H42N8O3/c1-3-12-39-45-41-29(2)23-34(43(53)44-35(24-30-13-6-4-7-14-30)26-40(52)48-54-28-32-15-8-5-9-16-32)25-38(41)51(39)27-31-19-21-33(22-20-31)36-17-10-11-18-37(36)42-46-49-50-47-42;1-3-12-39-45-38-25-34(43(53)44-35(24-30-13-6-4-7-14-30)26-40(52)48-54-28-32-15-8-5-9-16-32)23-29(2)41(38)51(39)27-31-19-21-33(22-20-31)36-17-10-11-18-37(36)42-46-49-50-47-42/h2*4-11,13-23,25,35H,3,12,24,26-28H2,1-2H3,(H,44,53)(H,48,52)(H,46,47,49,50)/t2*35-/m11/s1. The summed E-state index contributed by atoms with van der Waals surface area (Å²) in [5.74, 6) is 1.88. The summed E-state index contributed by atoms with van der Waals surface area (Å²) < 4.78 is 4.47. The van der Waals surface area contributed by atoms with Gasteiger partial charge in [-0.2, -0.15) is 10.4 Å². The fourth-order valence-corrected chi connectivity index (χ4v) is 13.5. The number of rotatable bonds is 30. The van der Waals surface area contributed by atoms with Crippen molar-refractivity contribution in [2.45, 2.75) is 117 Å². The fourth-order valence-electron chi connectivity index (χ4n) is 13.5. The number of amides is 4. The smallest absolute Gasteiger partial charge is 0.251 e. The Kier molecular flexibility index (Phi) is 24.3. The first-order chi connectivity index (χ1) is 52.9. The molecule has 2 atom stereocenters. The molecule has 14 aromatic rings. The number of carbonyl (C=O) groups excluding carboxylic acids is 4. The van der Waals surface area contributed by atoms with E-state index in [-0.39, 0.29) is 49.7 Å². The highest BCUT2D eigenvalue weighted by Crippen LogP contribution is 2.34. The van der Waals surface area contributed by atoms with Crippen LogP contribution in [0.5, 0.6) is 0 Å². The van der Waals surface area contributed by atoms with Gasteiger partial charge in [-0.15, -0.1) is 20.4 Å². The lowest BCUT2D eigenvalue weighted by Crippen LogP contribution is -2.40. The molecule has 0 aliphatic heterocycles. The summed E-state index contributed by atoms with van der Waals surface area (Å²) in [5, 5.41) is 35.5. The second kappa shape index (κ2) is 35.7. The molecule has 14 rings (SSSR count). The average Bonchev–Trinajstić information content (AvgIpc) is 1.61. The lowest BCUT2D eigenvalue weighted by Gasteiger charge is -2.19. The molecule has 22 nitrogen and oxygen atoms in total. The highest BCUT2D eigenvalue weighted by Gasteiger charge is 2.25. The SMILES string of the molecule is CCCc1nc2c(C)cc(C(=O)N[C@@H](CC(=O)NOCc3ccccc3)Cc3ccccc3)cc2n1Cc1ccc(-c2ccccc2-c2nn[nH]n2)cc1.CCCc1nc2cc(C(=O)N[C@@H](CC(=O)NOCc3ccccc3)Cc3ccccc3)cc(C)c2n1Cc1ccc(-c2ccccc2-c2nn[nH]n2)cc1. The van der Waals surface area contributed by atoms with Gasteiger partial charge in [-0.05, 0) is 141 Å². The number of aromatic amines is 2. The van der Waals surface area contributed by atoms with Crippen molar-refractivity contribution in [1.82, 2.24) is 81.9 Å². The fraction of sp³-hybridized carbons (Fsp3) is 0.209. The number of aromatic nitrogens is 12. The van der Waals surface area contributed by atoms with Crippen molar-refractivity contribution < 1.29 is 28.9 Å². The van der Waals surface area contributed by atoms with Crippen LogP contribution in [0.4, 0.5) is 0 Å². The molecule has 0 aliphatic carbocycles. The molecule has 6 N–H and O–H groups in total. The second-order valence-electron chi connectivity index (χ2n) is 26.7. The van der Waals surface area contributed by atoms with Gasteiger partial charge in [-0.25, -0.2) is 20.9 Å². The third kappa shape index (κ3) is 18.8. The summed E-state index contributed by atoms with van der Waals surface area (Å²) in [7, 11) is 0. The molecule has 4 amide bonds. The van der Waals surface area contributed by atoms with Crippen molar-refractivity contribution >= 4 is 45.7 Å². The van der Waals surface area contributed by atoms with E-state index in [1.165, 1.54) is 0 Å². The van der Waals surface area contributed by atoms with Crippen LogP contribution in [0.15, 0.2) is 243 Å². The Hall–Kier alpha value is -12.9. The molecule has 22 heteroatoms. The van der Waals surface area contributed by atoms with Crippen LogP contribution in [0.1, 0.15) is 116 Å². The number of nitrogens with zero attached hydrogens (tertiary/aromatic N) is 10. The molecule has 4 heterocycles. The van der Waals surface area contributed by atoms with Crippen LogP contribution in [0.25, 0.3) is 67.1 Å². The monoisotopic (exact) mass is 1440 g/mol. The summed E-state index contributed by atoms with van der Waals surface area (Å²) in [5.41, 5.74) is 23.6. The van der Waals surface area contributed by atoms with E-state index >= 15 is 0 Å². The third-order valence-corrected chi connectivity index (χ3v) is 18.7. The quantitative estimate of drug-likeness (QED) is 0.0228. The minimum Gasteiger partial charge on any atom is -0.348 e. The van der Waals surface area contributed by atoms with Crippen molar-refractivity contribution in [3.8, 4) is 45.0 Å². The zero-order chi connectivity index (χ0) is 74.6. The zero-order valence-corrected chi connectivity index (χ0v) is 60.7. The van der Waals surface area contributed by atoms with Crippen molar-refractivity contribution in [3.05, 3.63) is 310 Å². The van der Waals surface area contributed by atoms with Crippen LogP contribution in [-0.4, -0.2) is 96.1 Å². The highest BCUT2D eigenvalue weighted by atomic mass is 16.7. The molecule has 0 bridgehead atoms. The molecule has 0 radical (unpaired) electrons. The molecular formula is C86H84N16O6. The molecule has 544 valence electrons. The van der Waals surface area contributed by atoms with Gasteiger partial charge in [0.15, 0.2) is 0 Å². The molecule has 0 unspecified atom stereocenters. The Morgan fingerprint density at radius 3 is 1.29 bits per heavy atom. The van der Waals surface area contributed by atoms with Gasteiger partial charge in [0, 0.05) is 73.1 Å². The van der Waals surface area contributed by atoms with Gasteiger partial charge in [-0.1, -0.05) is 232 Å². The van der Waals surface area contributed by atoms with Crippen molar-refractivity contribution in [2.75, 3.05) is 0 Å². The van der Waals surface area contributed by atoms with E-state index in [1.807, 2.05) is 196 Å². The Balaban J connectivity index is 0.000000190. The van der Waals surface area contributed by atoms with E-state index in [4.69, 9.17) is 19.6 Å². The lowest BCUT2D eigenvalue weighted by atomic mass is 9.98. The van der Waals surface area contributed by atoms with Crippen molar-refractivity contribution in [2.24, 2.45) is 0 Å². The van der Waals surface area contributed by atoms with Crippen LogP contribution in [0, 0.1) is 13.8 Å². The van der Waals surface area contributed by atoms with E-state index in [0.29, 0.717) is 48.7 Å². The van der Waals surface area contributed by atoms with Crippen LogP contribution in [0.2, 0.25) is 0 Å². The van der Waals surface area contributed by atoms with Crippen LogP contribution in [-0.2, 0) is 71.3 Å². The summed E-state index contributed by atoms with van der Waals surface area (Å²) in [6, 6.07) is 78.5. The summed E-state index contributed by atoms with van der Waals surface area (Å²) >= 11 is 0. The van der Waals surface area contributed by atoms with E-state index < -0.39 is 12.1 Å². The first-order valence-corrected chi connectivity index (χ1v) is 36.3. The molecule has 0 saturated carbocycles. The number of aryl methyl sites for hydroxylation is 4. The van der Waals surface area contributed by atoms with Gasteiger partial charge in [0.2, 0.25) is 23.5 Å². The van der Waals surface area contributed by atoms with Gasteiger partial charge >= 0.3 is 0 Å². The third-order valence-electron chi connectivity index (χ3n) is 18.7. The van der Waals surface area contributed by atoms with E-state index in [1.54, 1.807) is 0 Å². The van der Waals surface area contributed by atoms with Gasteiger partial charge in [0.25, 0.3) is 11.8 Å². The van der Waals surface area contributed by atoms with E-state index in [2.05, 4.69) is 146 Å². The van der Waals surface area contributed by atoms with Crippen molar-refractivity contribution in [1.29, 1.82) is 0 Å². The minimum absolute atomic E-state index is 0.0464. The number of benzene rings is 10. The maximum Gasteiger partial charge on any atom is 0.251 e. The number of nitrogens with one attached hydrogen (secondary N) is 6. The lowest BCUT2D eigenvalue weighted by molar-refractivity contribution is -0.135. The number of H-pyrrole nitrogens is 2. The van der Waals surface area contributed by atoms with Gasteiger partial charge < -0.3 is 19.8 Å². The Bertz CT molecular complexity index is 5310. The summed E-state index contributed by atoms with van der Waals surface area (Å²) in [4.78, 5) is 74.9. The first-order valence-electron chi connectivity index (χ1n) is 36.3. The maximum absolute atomic E-state index is 14.0. The Morgan fingerprint density at radius 1 is 0.435 bits per heavy atom. The van der Waals surface area contributed by atoms with Crippen LogP contribution < -0.4 is 21.6 Å². The number of hydrogen-bond acceptors (Lipinski definition) is 14. The predicted octanol–water partition coefficient (Wildman–Crippen LogP) is 14.3. The number of imidazole rings is 2. The van der Waals surface area contributed by atoms with E-state index in [9.17, 15) is 19.2 Å². The Morgan fingerprint density at radius 2 is 0.843 bits per heavy atom. The summed E-state index contributed by atoms with van der Waals surface area (Å²) in [6.07, 6.45) is 4.52. The van der Waals surface area contributed by atoms with Gasteiger partial charge in [0.1, 0.15) is 11.6 Å². The molecule has 10 aromatic carbocycles. The number of tetrazole rings is 2. The minimum atomic E-state index is -0.472. The number of hydroxylamine groups is 2. The van der Waals surface area contributed by atoms with Crippen LogP contribution >= 0.6 is 0 Å². The molecule has 0 aliphatic rings. The predicted molar refractivity (Wildman–Crippen MR) is 416 cm³/mol. The normalized spacial score (nSPS) is 11.7. The molecular weight excluding hydrogens is 1350 g/mol. The molecule has 4 aromatic heterocycles. The molecule has 0 saturated heterocycles. The molecule has 0 spiro atoms. The zero-order valence-electron chi connectivity index (χ0n) is 60.7. The largest absolute Gasteiger partial charge is 0.348 e. The topological polar surface area (TPSA) is 279 Å². The van der Waals surface area contributed by atoms with Crippen molar-refractivity contribution in [3.63, 3.8) is 0 Å². The highest BCUT2D eigenvalue weighted by molar-refractivity contribution is 6.00. The first kappa shape index (κ1) is 73.4.